The van der Waals surface area contributed by atoms with E-state index in [4.69, 9.17) is 21.1 Å². The molecule has 0 fully saturated rings. The topological polar surface area (TPSA) is 21.7 Å². The number of para-hydroxylation sites is 2. The predicted octanol–water partition coefficient (Wildman–Crippen LogP) is 5.23. The van der Waals surface area contributed by atoms with Crippen molar-refractivity contribution in [3.63, 3.8) is 0 Å². The van der Waals surface area contributed by atoms with Gasteiger partial charge in [0.25, 0.3) is 0 Å². The Labute approximate surface area is 143 Å². The molecule has 0 radical (unpaired) electrons. The first-order valence-corrected chi connectivity index (χ1v) is 7.33. The summed E-state index contributed by atoms with van der Waals surface area (Å²) in [5, 5.41) is 0.686. The minimum absolute atomic E-state index is 0. The molecule has 0 heterocycles. The van der Waals surface area contributed by atoms with Crippen LogP contribution in [0.3, 0.4) is 0 Å². The van der Waals surface area contributed by atoms with Crippen molar-refractivity contribution in [3.8, 4) is 17.2 Å². The largest absolute Gasteiger partial charge is 0.471 e. The lowest BCUT2D eigenvalue weighted by Gasteiger charge is -2.25. The lowest BCUT2D eigenvalue weighted by atomic mass is 10.3. The molecular weight excluding hydrogens is 321 g/mol. The van der Waals surface area contributed by atoms with Crippen molar-refractivity contribution in [2.24, 2.45) is 0 Å². The highest BCUT2D eigenvalue weighted by atomic mass is 35.5. The number of hydrogen-bond donors (Lipinski definition) is 0. The third-order valence-corrected chi connectivity index (χ3v) is 3.33. The molecule has 22 heavy (non-hydrogen) atoms. The number of hydrogen-bond acceptors (Lipinski definition) is 3. The summed E-state index contributed by atoms with van der Waals surface area (Å²) in [6.07, 6.45) is 0.905. The Balaban J connectivity index is 0.00000242. The van der Waals surface area contributed by atoms with Crippen molar-refractivity contribution in [2.75, 3.05) is 14.1 Å². The van der Waals surface area contributed by atoms with Gasteiger partial charge in [-0.1, -0.05) is 30.7 Å². The third-order valence-electron chi connectivity index (χ3n) is 3.08. The normalized spacial score (nSPS) is 11.7. The van der Waals surface area contributed by atoms with Crippen LogP contribution in [0.15, 0.2) is 48.5 Å². The highest BCUT2D eigenvalue weighted by Gasteiger charge is 2.14. The molecule has 5 heteroatoms. The fraction of sp³-hybridized carbons (Fsp3) is 0.294. The van der Waals surface area contributed by atoms with Crippen molar-refractivity contribution in [1.29, 1.82) is 0 Å². The van der Waals surface area contributed by atoms with Gasteiger partial charge < -0.3 is 9.47 Å². The molecule has 0 saturated heterocycles. The van der Waals surface area contributed by atoms with Crippen molar-refractivity contribution < 1.29 is 9.47 Å². The average molecular weight is 342 g/mol. The summed E-state index contributed by atoms with van der Waals surface area (Å²) in [6.45, 7) is 2.09. The van der Waals surface area contributed by atoms with Crippen molar-refractivity contribution in [1.82, 2.24) is 4.90 Å². The Hall–Kier alpha value is -1.42. The second-order valence-corrected chi connectivity index (χ2v) is 5.38. The lowest BCUT2D eigenvalue weighted by molar-refractivity contribution is 0.0591. The van der Waals surface area contributed by atoms with E-state index in [1.165, 1.54) is 0 Å². The van der Waals surface area contributed by atoms with Gasteiger partial charge in [-0.2, -0.15) is 0 Å². The molecule has 120 valence electrons. The van der Waals surface area contributed by atoms with Crippen LogP contribution in [-0.2, 0) is 0 Å². The minimum atomic E-state index is 0. The molecule has 1 atom stereocenters. The Morgan fingerprint density at radius 1 is 1.00 bits per heavy atom. The molecule has 2 aromatic rings. The van der Waals surface area contributed by atoms with Gasteiger partial charge in [0.05, 0.1) is 0 Å². The van der Waals surface area contributed by atoms with E-state index < -0.39 is 0 Å². The van der Waals surface area contributed by atoms with Gasteiger partial charge in [-0.15, -0.1) is 12.4 Å². The summed E-state index contributed by atoms with van der Waals surface area (Å²) in [5.74, 6) is 2.15. The highest BCUT2D eigenvalue weighted by molar-refractivity contribution is 6.30. The zero-order valence-corrected chi connectivity index (χ0v) is 14.5. The average Bonchev–Trinajstić information content (AvgIpc) is 2.48. The Kier molecular flexibility index (Phi) is 7.52. The van der Waals surface area contributed by atoms with Crippen LogP contribution in [-0.4, -0.2) is 25.2 Å². The van der Waals surface area contributed by atoms with Gasteiger partial charge in [0, 0.05) is 5.02 Å². The van der Waals surface area contributed by atoms with Gasteiger partial charge in [0.1, 0.15) is 5.75 Å². The lowest BCUT2D eigenvalue weighted by Crippen LogP contribution is -2.32. The van der Waals surface area contributed by atoms with Gasteiger partial charge in [-0.25, -0.2) is 0 Å². The first kappa shape index (κ1) is 18.6. The highest BCUT2D eigenvalue weighted by Crippen LogP contribution is 2.32. The summed E-state index contributed by atoms with van der Waals surface area (Å²) in [6, 6.07) is 14.9. The van der Waals surface area contributed by atoms with E-state index in [2.05, 4.69) is 6.92 Å². The van der Waals surface area contributed by atoms with Crippen LogP contribution < -0.4 is 9.47 Å². The molecule has 0 bridgehead atoms. The Morgan fingerprint density at radius 3 is 2.14 bits per heavy atom. The number of halogens is 2. The van der Waals surface area contributed by atoms with Crippen LogP contribution in [0.2, 0.25) is 5.02 Å². The fourth-order valence-corrected chi connectivity index (χ4v) is 2.09. The van der Waals surface area contributed by atoms with E-state index in [0.29, 0.717) is 10.8 Å². The van der Waals surface area contributed by atoms with Gasteiger partial charge in [0.15, 0.2) is 17.7 Å². The molecule has 0 amide bonds. The standard InChI is InChI=1S/C17H20ClNO2.ClH/c1-4-17(19(2)3)21-16-8-6-5-7-15(16)20-14-11-9-13(18)10-12-14;/h5-12,17H,4H2,1-3H3;1H. The van der Waals surface area contributed by atoms with E-state index in [-0.39, 0.29) is 18.6 Å². The number of ether oxygens (including phenoxy) is 2. The van der Waals surface area contributed by atoms with Crippen LogP contribution in [0, 0.1) is 0 Å². The van der Waals surface area contributed by atoms with Crippen LogP contribution in [0.1, 0.15) is 13.3 Å². The van der Waals surface area contributed by atoms with E-state index >= 15 is 0 Å². The van der Waals surface area contributed by atoms with E-state index in [1.54, 1.807) is 12.1 Å². The molecule has 0 saturated carbocycles. The van der Waals surface area contributed by atoms with E-state index in [0.717, 1.165) is 17.9 Å². The van der Waals surface area contributed by atoms with Gasteiger partial charge in [-0.05, 0) is 56.9 Å². The molecule has 2 aromatic carbocycles. The van der Waals surface area contributed by atoms with Crippen molar-refractivity contribution >= 4 is 24.0 Å². The molecule has 0 aliphatic rings. The summed E-state index contributed by atoms with van der Waals surface area (Å²) in [4.78, 5) is 2.04. The molecule has 0 aliphatic heterocycles. The van der Waals surface area contributed by atoms with Gasteiger partial charge in [0.2, 0.25) is 0 Å². The maximum Gasteiger partial charge on any atom is 0.169 e. The molecular formula is C17H21Cl2NO2. The Bertz CT molecular complexity index is 573. The van der Waals surface area contributed by atoms with Crippen LogP contribution in [0.5, 0.6) is 17.2 Å². The van der Waals surface area contributed by atoms with Crippen molar-refractivity contribution in [2.45, 2.75) is 19.6 Å². The van der Waals surface area contributed by atoms with Gasteiger partial charge in [-0.3, -0.25) is 4.90 Å². The van der Waals surface area contributed by atoms with Gasteiger partial charge >= 0.3 is 0 Å². The molecule has 3 nitrogen and oxygen atoms in total. The summed E-state index contributed by atoms with van der Waals surface area (Å²) < 4.78 is 11.9. The molecule has 0 aliphatic carbocycles. The van der Waals surface area contributed by atoms with Crippen LogP contribution in [0.25, 0.3) is 0 Å². The van der Waals surface area contributed by atoms with E-state index in [1.807, 2.05) is 55.4 Å². The molecule has 1 unspecified atom stereocenters. The molecule has 0 aromatic heterocycles. The van der Waals surface area contributed by atoms with Crippen molar-refractivity contribution in [3.05, 3.63) is 53.6 Å². The van der Waals surface area contributed by atoms with E-state index in [9.17, 15) is 0 Å². The number of benzene rings is 2. The van der Waals surface area contributed by atoms with Crippen LogP contribution >= 0.6 is 24.0 Å². The zero-order valence-electron chi connectivity index (χ0n) is 13.0. The molecule has 0 N–H and O–H groups in total. The minimum Gasteiger partial charge on any atom is -0.471 e. The maximum absolute atomic E-state index is 6.03. The number of rotatable bonds is 6. The zero-order chi connectivity index (χ0) is 15.2. The maximum atomic E-state index is 6.03. The predicted molar refractivity (Wildman–Crippen MR) is 93.6 cm³/mol. The summed E-state index contributed by atoms with van der Waals surface area (Å²) in [5.41, 5.74) is 0. The fourth-order valence-electron chi connectivity index (χ4n) is 1.96. The summed E-state index contributed by atoms with van der Waals surface area (Å²) >= 11 is 5.88. The summed E-state index contributed by atoms with van der Waals surface area (Å²) in [7, 11) is 3.99. The first-order chi connectivity index (χ1) is 10.1. The third kappa shape index (κ3) is 5.09. The molecule has 2 rings (SSSR count). The Morgan fingerprint density at radius 2 is 1.59 bits per heavy atom. The molecule has 0 spiro atoms. The first-order valence-electron chi connectivity index (χ1n) is 6.95. The monoisotopic (exact) mass is 341 g/mol. The van der Waals surface area contributed by atoms with Crippen LogP contribution in [0.4, 0.5) is 0 Å². The second-order valence-electron chi connectivity index (χ2n) is 4.95. The SMILES string of the molecule is CCC(Oc1ccccc1Oc1ccc(Cl)cc1)N(C)C.Cl. The number of nitrogens with zero attached hydrogens (tertiary/aromatic N) is 1. The quantitative estimate of drug-likeness (QED) is 0.671. The smallest absolute Gasteiger partial charge is 0.169 e. The second kappa shape index (κ2) is 8.89.